The fourth-order valence-corrected chi connectivity index (χ4v) is 5.13. The number of hydrogen-bond acceptors (Lipinski definition) is 4. The van der Waals surface area contributed by atoms with Crippen LogP contribution in [0.1, 0.15) is 44.9 Å². The van der Waals surface area contributed by atoms with Gasteiger partial charge < -0.3 is 4.90 Å². The van der Waals surface area contributed by atoms with Crippen molar-refractivity contribution in [3.05, 3.63) is 36.4 Å². The Morgan fingerprint density at radius 2 is 1.36 bits per heavy atom. The highest BCUT2D eigenvalue weighted by molar-refractivity contribution is 7.89. The van der Waals surface area contributed by atoms with Gasteiger partial charge in [-0.2, -0.15) is 12.6 Å². The average molecular weight is 423 g/mol. The normalized spacial score (nSPS) is 12.0. The molecule has 4 nitrogen and oxygen atoms in total. The Balaban J connectivity index is 2.03. The first-order valence-electron chi connectivity index (χ1n) is 10.2. The van der Waals surface area contributed by atoms with Gasteiger partial charge in [0.15, 0.2) is 0 Å². The summed E-state index contributed by atoms with van der Waals surface area (Å²) >= 11 is 4.23. The first-order chi connectivity index (χ1) is 13.4. The monoisotopic (exact) mass is 422 g/mol. The molecule has 0 N–H and O–H groups in total. The molecule has 0 bridgehead atoms. The lowest BCUT2D eigenvalue weighted by Gasteiger charge is -2.20. The molecule has 2 rings (SSSR count). The number of anilines is 1. The van der Waals surface area contributed by atoms with Gasteiger partial charge in [-0.15, -0.1) is 0 Å². The first-order valence-corrected chi connectivity index (χ1v) is 12.2. The lowest BCUT2D eigenvalue weighted by atomic mass is 10.1. The summed E-state index contributed by atoms with van der Waals surface area (Å²) in [7, 11) is 2.13. The predicted molar refractivity (Wildman–Crippen MR) is 124 cm³/mol. The van der Waals surface area contributed by atoms with Crippen LogP contribution < -0.4 is 4.90 Å². The minimum Gasteiger partial charge on any atom is -0.377 e. The molecule has 28 heavy (non-hydrogen) atoms. The van der Waals surface area contributed by atoms with Gasteiger partial charge in [-0.25, -0.2) is 12.7 Å². The van der Waals surface area contributed by atoms with E-state index < -0.39 is 10.0 Å². The molecule has 0 fully saturated rings. The van der Waals surface area contributed by atoms with Gasteiger partial charge in [0.2, 0.25) is 10.0 Å². The van der Waals surface area contributed by atoms with Crippen molar-refractivity contribution in [2.45, 2.75) is 49.8 Å². The summed E-state index contributed by atoms with van der Waals surface area (Å²) in [4.78, 5) is 2.40. The van der Waals surface area contributed by atoms with Crippen LogP contribution in [0.3, 0.4) is 0 Å². The smallest absolute Gasteiger partial charge is 0.243 e. The predicted octanol–water partition coefficient (Wildman–Crippen LogP) is 5.19. The molecule has 156 valence electrons. The maximum absolute atomic E-state index is 13.2. The lowest BCUT2D eigenvalue weighted by Crippen LogP contribution is -2.28. The molecular weight excluding hydrogens is 388 g/mol. The quantitative estimate of drug-likeness (QED) is 0.378. The van der Waals surface area contributed by atoms with Gasteiger partial charge in [-0.3, -0.25) is 0 Å². The highest BCUT2D eigenvalue weighted by atomic mass is 32.2. The Morgan fingerprint density at radius 1 is 0.786 bits per heavy atom. The second kappa shape index (κ2) is 11.1. The van der Waals surface area contributed by atoms with Crippen molar-refractivity contribution in [1.29, 1.82) is 0 Å². The van der Waals surface area contributed by atoms with E-state index in [0.29, 0.717) is 11.4 Å². The maximum Gasteiger partial charge on any atom is 0.243 e. The molecule has 0 aliphatic rings. The Hall–Kier alpha value is -1.24. The molecule has 0 spiro atoms. The van der Waals surface area contributed by atoms with E-state index in [0.717, 1.165) is 35.1 Å². The third-order valence-corrected chi connectivity index (χ3v) is 7.39. The van der Waals surface area contributed by atoms with Crippen molar-refractivity contribution in [2.75, 3.05) is 38.3 Å². The van der Waals surface area contributed by atoms with Gasteiger partial charge in [0, 0.05) is 44.1 Å². The SMILES string of the molecule is CN(C)c1cccc2c(S(=O)(=O)N(C)CCCCCCCCCS)cccc12. The number of nitrogens with zero attached hydrogens (tertiary/aromatic N) is 2. The van der Waals surface area contributed by atoms with Gasteiger partial charge in [0.25, 0.3) is 0 Å². The highest BCUT2D eigenvalue weighted by Crippen LogP contribution is 2.31. The van der Waals surface area contributed by atoms with Crippen LogP contribution in [0, 0.1) is 0 Å². The van der Waals surface area contributed by atoms with Gasteiger partial charge in [0.1, 0.15) is 0 Å². The zero-order chi connectivity index (χ0) is 20.6. The summed E-state index contributed by atoms with van der Waals surface area (Å²) < 4.78 is 27.8. The number of hydrogen-bond donors (Lipinski definition) is 1. The Kier molecular flexibility index (Phi) is 9.12. The van der Waals surface area contributed by atoms with Crippen LogP contribution in [-0.2, 0) is 10.0 Å². The molecule has 0 amide bonds. The molecule has 0 heterocycles. The summed E-state index contributed by atoms with van der Waals surface area (Å²) in [5.41, 5.74) is 1.02. The number of rotatable bonds is 12. The highest BCUT2D eigenvalue weighted by Gasteiger charge is 2.23. The molecule has 0 radical (unpaired) electrons. The summed E-state index contributed by atoms with van der Waals surface area (Å²) in [6.45, 7) is 0.558. The van der Waals surface area contributed by atoms with E-state index in [1.807, 2.05) is 49.3 Å². The van der Waals surface area contributed by atoms with Gasteiger partial charge in [0.05, 0.1) is 4.90 Å². The van der Waals surface area contributed by atoms with Gasteiger partial charge >= 0.3 is 0 Å². The number of sulfonamides is 1. The second-order valence-corrected chi connectivity index (χ2v) is 10.0. The minimum atomic E-state index is -3.51. The topological polar surface area (TPSA) is 40.6 Å². The summed E-state index contributed by atoms with van der Waals surface area (Å²) in [6, 6.07) is 11.4. The number of unbranched alkanes of at least 4 members (excludes halogenated alkanes) is 6. The Morgan fingerprint density at radius 3 is 2.00 bits per heavy atom. The van der Waals surface area contributed by atoms with E-state index in [9.17, 15) is 8.42 Å². The number of thiol groups is 1. The molecule has 0 aliphatic heterocycles. The van der Waals surface area contributed by atoms with E-state index >= 15 is 0 Å². The van der Waals surface area contributed by atoms with E-state index in [-0.39, 0.29) is 0 Å². The van der Waals surface area contributed by atoms with Crippen LogP contribution in [0.15, 0.2) is 41.3 Å². The van der Waals surface area contributed by atoms with E-state index in [4.69, 9.17) is 0 Å². The first kappa shape index (κ1) is 23.0. The van der Waals surface area contributed by atoms with E-state index in [1.54, 1.807) is 13.1 Å². The Bertz CT molecular complexity index is 851. The molecule has 2 aromatic rings. The fraction of sp³-hybridized carbons (Fsp3) is 0.545. The van der Waals surface area contributed by atoms with Crippen molar-refractivity contribution in [1.82, 2.24) is 4.31 Å². The number of fused-ring (bicyclic) bond motifs is 1. The third-order valence-electron chi connectivity index (χ3n) is 5.16. The van der Waals surface area contributed by atoms with Crippen LogP contribution in [0.4, 0.5) is 5.69 Å². The van der Waals surface area contributed by atoms with Crippen molar-refractivity contribution in [2.24, 2.45) is 0 Å². The maximum atomic E-state index is 13.2. The minimum absolute atomic E-state index is 0.392. The average Bonchev–Trinajstić information content (AvgIpc) is 2.68. The van der Waals surface area contributed by atoms with Crippen molar-refractivity contribution < 1.29 is 8.42 Å². The van der Waals surface area contributed by atoms with Crippen molar-refractivity contribution >= 4 is 39.1 Å². The molecule has 0 unspecified atom stereocenters. The summed E-state index contributed by atoms with van der Waals surface area (Å²) in [5.74, 6) is 0.965. The second-order valence-electron chi connectivity index (χ2n) is 7.55. The van der Waals surface area contributed by atoms with Gasteiger partial charge in [-0.1, -0.05) is 56.4 Å². The molecule has 6 heteroatoms. The van der Waals surface area contributed by atoms with Crippen LogP contribution in [0.25, 0.3) is 10.8 Å². The molecule has 0 saturated heterocycles. The van der Waals surface area contributed by atoms with Crippen LogP contribution in [0.5, 0.6) is 0 Å². The zero-order valence-electron chi connectivity index (χ0n) is 17.4. The lowest BCUT2D eigenvalue weighted by molar-refractivity contribution is 0.449. The largest absolute Gasteiger partial charge is 0.377 e. The van der Waals surface area contributed by atoms with E-state index in [1.165, 1.54) is 36.4 Å². The summed E-state index contributed by atoms with van der Waals surface area (Å²) in [6.07, 6.45) is 8.04. The zero-order valence-corrected chi connectivity index (χ0v) is 19.1. The van der Waals surface area contributed by atoms with E-state index in [2.05, 4.69) is 12.6 Å². The number of benzene rings is 2. The molecule has 0 atom stereocenters. The molecule has 2 aromatic carbocycles. The molecular formula is C22H34N2O2S2. The van der Waals surface area contributed by atoms with Crippen molar-refractivity contribution in [3.63, 3.8) is 0 Å². The molecule has 0 saturated carbocycles. The Labute approximate surface area is 176 Å². The standard InChI is InChI=1S/C22H34N2O2S2/c1-23(2)21-15-11-14-20-19(21)13-12-16-22(20)28(25,26)24(3)17-9-7-5-4-6-8-10-18-27/h11-16,27H,4-10,17-18H2,1-3H3. The summed E-state index contributed by atoms with van der Waals surface area (Å²) in [5, 5.41) is 1.74. The van der Waals surface area contributed by atoms with Gasteiger partial charge in [-0.05, 0) is 30.7 Å². The van der Waals surface area contributed by atoms with Crippen LogP contribution in [-0.4, -0.2) is 46.2 Å². The fourth-order valence-electron chi connectivity index (χ4n) is 3.50. The van der Waals surface area contributed by atoms with Crippen LogP contribution >= 0.6 is 12.6 Å². The van der Waals surface area contributed by atoms with Crippen LogP contribution in [0.2, 0.25) is 0 Å². The molecule has 0 aliphatic carbocycles. The van der Waals surface area contributed by atoms with Crippen molar-refractivity contribution in [3.8, 4) is 0 Å². The molecule has 0 aromatic heterocycles. The third kappa shape index (κ3) is 5.88.